The highest BCUT2D eigenvalue weighted by Crippen LogP contribution is 2.18. The zero-order valence-corrected chi connectivity index (χ0v) is 8.68. The van der Waals surface area contributed by atoms with E-state index in [2.05, 4.69) is 20.9 Å². The number of carbonyl (C=O) groups excluding carboxylic acids is 1. The Labute approximate surface area is 80.1 Å². The molecule has 3 heteroatoms. The zero-order chi connectivity index (χ0) is 9.14. The number of halogens is 1. The molecular formula is C9H10BrNO. The molecule has 1 rings (SSSR count). The van der Waals surface area contributed by atoms with Crippen LogP contribution in [0.5, 0.6) is 0 Å². The Kier molecular flexibility index (Phi) is 2.98. The fourth-order valence-electron chi connectivity index (χ4n) is 1.14. The van der Waals surface area contributed by atoms with Crippen molar-refractivity contribution in [3.05, 3.63) is 28.0 Å². The number of hydrogen-bond donors (Lipinski definition) is 0. The number of rotatable bonds is 2. The van der Waals surface area contributed by atoms with Crippen LogP contribution in [0.2, 0.25) is 0 Å². The average molecular weight is 228 g/mol. The first-order valence-corrected chi connectivity index (χ1v) is 4.60. The van der Waals surface area contributed by atoms with Crippen molar-refractivity contribution in [2.75, 3.05) is 0 Å². The summed E-state index contributed by atoms with van der Waals surface area (Å²) in [4.78, 5) is 15.2. The summed E-state index contributed by atoms with van der Waals surface area (Å²) in [7, 11) is 0. The predicted octanol–water partition coefficient (Wildman–Crippen LogP) is 2.61. The van der Waals surface area contributed by atoms with Gasteiger partial charge < -0.3 is 0 Å². The maximum Gasteiger partial charge on any atom is 0.162 e. The molecule has 2 nitrogen and oxygen atoms in total. The van der Waals surface area contributed by atoms with Gasteiger partial charge in [-0.2, -0.15) is 0 Å². The molecule has 1 aromatic heterocycles. The summed E-state index contributed by atoms with van der Waals surface area (Å²) in [6, 6.07) is 1.88. The molecule has 0 fully saturated rings. The van der Waals surface area contributed by atoms with E-state index in [1.165, 1.54) is 0 Å². The maximum atomic E-state index is 11.2. The Bertz CT molecular complexity index is 309. The molecule has 0 unspecified atom stereocenters. The summed E-state index contributed by atoms with van der Waals surface area (Å²) in [5.74, 6) is 0.0619. The van der Waals surface area contributed by atoms with Gasteiger partial charge in [-0.25, -0.2) is 4.98 Å². The molecule has 0 saturated heterocycles. The van der Waals surface area contributed by atoms with Gasteiger partial charge in [0, 0.05) is 6.20 Å². The number of aryl methyl sites for hydroxylation is 1. The number of aromatic nitrogens is 1. The molecule has 0 radical (unpaired) electrons. The van der Waals surface area contributed by atoms with E-state index in [0.717, 1.165) is 12.0 Å². The van der Waals surface area contributed by atoms with E-state index in [4.69, 9.17) is 0 Å². The summed E-state index contributed by atoms with van der Waals surface area (Å²) in [6.45, 7) is 3.58. The Morgan fingerprint density at radius 3 is 2.75 bits per heavy atom. The van der Waals surface area contributed by atoms with E-state index in [9.17, 15) is 4.79 Å². The standard InChI is InChI=1S/C9H10BrNO/c1-3-7-4-5-11-9(10)8(7)6(2)12/h4-5H,3H2,1-2H3. The molecule has 1 heterocycles. The Morgan fingerprint density at radius 1 is 1.67 bits per heavy atom. The van der Waals surface area contributed by atoms with Crippen molar-refractivity contribution in [2.24, 2.45) is 0 Å². The van der Waals surface area contributed by atoms with Crippen LogP contribution in [0.3, 0.4) is 0 Å². The van der Waals surface area contributed by atoms with E-state index < -0.39 is 0 Å². The molecule has 0 atom stereocenters. The van der Waals surface area contributed by atoms with Crippen molar-refractivity contribution in [1.29, 1.82) is 0 Å². The lowest BCUT2D eigenvalue weighted by Gasteiger charge is -2.04. The normalized spacial score (nSPS) is 9.92. The van der Waals surface area contributed by atoms with Crippen molar-refractivity contribution >= 4 is 21.7 Å². The number of nitrogens with zero attached hydrogens (tertiary/aromatic N) is 1. The number of carbonyl (C=O) groups is 1. The van der Waals surface area contributed by atoms with Gasteiger partial charge in [0.25, 0.3) is 0 Å². The minimum atomic E-state index is 0.0619. The van der Waals surface area contributed by atoms with Gasteiger partial charge >= 0.3 is 0 Å². The summed E-state index contributed by atoms with van der Waals surface area (Å²) >= 11 is 3.26. The number of pyridine rings is 1. The van der Waals surface area contributed by atoms with Crippen LogP contribution in [0.25, 0.3) is 0 Å². The summed E-state index contributed by atoms with van der Waals surface area (Å²) in [5.41, 5.74) is 1.75. The van der Waals surface area contributed by atoms with E-state index in [1.807, 2.05) is 13.0 Å². The lowest BCUT2D eigenvalue weighted by atomic mass is 10.1. The Balaban J connectivity index is 3.29. The topological polar surface area (TPSA) is 30.0 Å². The molecule has 1 aromatic rings. The first-order chi connectivity index (χ1) is 5.66. The van der Waals surface area contributed by atoms with Crippen LogP contribution in [-0.2, 0) is 6.42 Å². The molecule has 12 heavy (non-hydrogen) atoms. The molecule has 0 spiro atoms. The van der Waals surface area contributed by atoms with Gasteiger partial charge in [0.05, 0.1) is 5.56 Å². The third-order valence-electron chi connectivity index (χ3n) is 1.72. The largest absolute Gasteiger partial charge is 0.294 e. The molecule has 0 bridgehead atoms. The van der Waals surface area contributed by atoms with Gasteiger partial charge in [0.15, 0.2) is 5.78 Å². The van der Waals surface area contributed by atoms with Crippen LogP contribution in [0.15, 0.2) is 16.9 Å². The minimum absolute atomic E-state index is 0.0619. The fourth-order valence-corrected chi connectivity index (χ4v) is 1.79. The Hall–Kier alpha value is -0.700. The summed E-state index contributed by atoms with van der Waals surface area (Å²) in [5, 5.41) is 0. The third-order valence-corrected chi connectivity index (χ3v) is 2.33. The Morgan fingerprint density at radius 2 is 2.33 bits per heavy atom. The lowest BCUT2D eigenvalue weighted by molar-refractivity contribution is 0.101. The number of hydrogen-bond acceptors (Lipinski definition) is 2. The van der Waals surface area contributed by atoms with Crippen LogP contribution in [0, 0.1) is 0 Å². The molecule has 0 aliphatic carbocycles. The van der Waals surface area contributed by atoms with Crippen molar-refractivity contribution < 1.29 is 4.79 Å². The minimum Gasteiger partial charge on any atom is -0.294 e. The highest BCUT2D eigenvalue weighted by atomic mass is 79.9. The molecule has 0 aliphatic rings. The van der Waals surface area contributed by atoms with Crippen molar-refractivity contribution in [1.82, 2.24) is 4.98 Å². The maximum absolute atomic E-state index is 11.2. The molecule has 0 N–H and O–H groups in total. The quantitative estimate of drug-likeness (QED) is 0.575. The van der Waals surface area contributed by atoms with Crippen LogP contribution >= 0.6 is 15.9 Å². The van der Waals surface area contributed by atoms with E-state index >= 15 is 0 Å². The molecule has 0 aromatic carbocycles. The monoisotopic (exact) mass is 227 g/mol. The van der Waals surface area contributed by atoms with E-state index in [-0.39, 0.29) is 5.78 Å². The number of ketones is 1. The summed E-state index contributed by atoms with van der Waals surface area (Å²) < 4.78 is 0.648. The zero-order valence-electron chi connectivity index (χ0n) is 7.10. The van der Waals surface area contributed by atoms with Gasteiger partial charge in [-0.1, -0.05) is 6.92 Å². The molecular weight excluding hydrogens is 218 g/mol. The van der Waals surface area contributed by atoms with Gasteiger partial charge in [-0.3, -0.25) is 4.79 Å². The second-order valence-electron chi connectivity index (χ2n) is 2.55. The first-order valence-electron chi connectivity index (χ1n) is 3.81. The molecule has 0 aliphatic heterocycles. The van der Waals surface area contributed by atoms with Gasteiger partial charge in [-0.15, -0.1) is 0 Å². The van der Waals surface area contributed by atoms with Gasteiger partial charge in [-0.05, 0) is 40.9 Å². The second-order valence-corrected chi connectivity index (χ2v) is 3.30. The molecule has 0 saturated carbocycles. The van der Waals surface area contributed by atoms with Crippen molar-refractivity contribution in [2.45, 2.75) is 20.3 Å². The van der Waals surface area contributed by atoms with Crippen LogP contribution < -0.4 is 0 Å². The SMILES string of the molecule is CCc1ccnc(Br)c1C(C)=O. The van der Waals surface area contributed by atoms with E-state index in [0.29, 0.717) is 10.2 Å². The predicted molar refractivity (Wildman–Crippen MR) is 51.3 cm³/mol. The third kappa shape index (κ3) is 1.72. The van der Waals surface area contributed by atoms with Crippen LogP contribution in [0.4, 0.5) is 0 Å². The molecule has 64 valence electrons. The first kappa shape index (κ1) is 9.39. The van der Waals surface area contributed by atoms with Crippen LogP contribution in [-0.4, -0.2) is 10.8 Å². The van der Waals surface area contributed by atoms with Crippen molar-refractivity contribution in [3.63, 3.8) is 0 Å². The van der Waals surface area contributed by atoms with E-state index in [1.54, 1.807) is 13.1 Å². The highest BCUT2D eigenvalue weighted by Gasteiger charge is 2.09. The van der Waals surface area contributed by atoms with Gasteiger partial charge in [0.2, 0.25) is 0 Å². The lowest BCUT2D eigenvalue weighted by Crippen LogP contribution is -2.01. The highest BCUT2D eigenvalue weighted by molar-refractivity contribution is 9.10. The van der Waals surface area contributed by atoms with Gasteiger partial charge in [0.1, 0.15) is 4.60 Å². The van der Waals surface area contributed by atoms with Crippen molar-refractivity contribution in [3.8, 4) is 0 Å². The summed E-state index contributed by atoms with van der Waals surface area (Å²) in [6.07, 6.45) is 2.56. The fraction of sp³-hybridized carbons (Fsp3) is 0.333. The average Bonchev–Trinajstić information content (AvgIpc) is 2.03. The van der Waals surface area contributed by atoms with Crippen LogP contribution in [0.1, 0.15) is 29.8 Å². The number of Topliss-reactive ketones (excluding diaryl/α,β-unsaturated/α-hetero) is 1. The second kappa shape index (κ2) is 3.81. The smallest absolute Gasteiger partial charge is 0.162 e. The molecule has 0 amide bonds.